The van der Waals surface area contributed by atoms with E-state index >= 15 is 0 Å². The van der Waals surface area contributed by atoms with Crippen LogP contribution >= 0.6 is 0 Å². The van der Waals surface area contributed by atoms with Gasteiger partial charge in [-0.3, -0.25) is 4.79 Å². The van der Waals surface area contributed by atoms with E-state index < -0.39 is 0 Å². The van der Waals surface area contributed by atoms with E-state index in [-0.39, 0.29) is 32.2 Å². The molecule has 0 aliphatic carbocycles. The fourth-order valence-electron chi connectivity index (χ4n) is 3.53. The van der Waals surface area contributed by atoms with Gasteiger partial charge in [-0.05, 0) is 29.8 Å². The average Bonchev–Trinajstić information content (AvgIpc) is 3.16. The molecule has 0 saturated carbocycles. The van der Waals surface area contributed by atoms with Gasteiger partial charge in [-0.25, -0.2) is 4.98 Å². The smallest absolute Gasteiger partial charge is 0.242 e. The van der Waals surface area contributed by atoms with Gasteiger partial charge in [0.1, 0.15) is 24.7 Å². The Labute approximate surface area is 181 Å². The van der Waals surface area contributed by atoms with Crippen molar-refractivity contribution in [1.82, 2.24) is 14.5 Å². The molecule has 1 N–H and O–H groups in total. The summed E-state index contributed by atoms with van der Waals surface area (Å²) in [6.07, 6.45) is 0. The molecule has 158 valence electrons. The summed E-state index contributed by atoms with van der Waals surface area (Å²) >= 11 is 0. The SMILES string of the molecule is O=C(Cn1c(COc2ccccc2)nc2ccccc21)N(CCO)Cc1ccccc1. The van der Waals surface area contributed by atoms with Crippen LogP contribution in [0.3, 0.4) is 0 Å². The van der Waals surface area contributed by atoms with Gasteiger partial charge in [-0.1, -0.05) is 60.7 Å². The lowest BCUT2D eigenvalue weighted by Crippen LogP contribution is -2.36. The lowest BCUT2D eigenvalue weighted by molar-refractivity contribution is -0.133. The summed E-state index contributed by atoms with van der Waals surface area (Å²) in [5.74, 6) is 1.35. The van der Waals surface area contributed by atoms with Crippen LogP contribution in [0, 0.1) is 0 Å². The van der Waals surface area contributed by atoms with Gasteiger partial charge in [-0.15, -0.1) is 0 Å². The Morgan fingerprint density at radius 2 is 1.61 bits per heavy atom. The summed E-state index contributed by atoms with van der Waals surface area (Å²) in [6, 6.07) is 27.1. The topological polar surface area (TPSA) is 67.6 Å². The Balaban J connectivity index is 1.57. The van der Waals surface area contributed by atoms with Crippen LogP contribution in [0.4, 0.5) is 0 Å². The summed E-state index contributed by atoms with van der Waals surface area (Å²) in [5, 5.41) is 9.49. The first-order valence-corrected chi connectivity index (χ1v) is 10.3. The third kappa shape index (κ3) is 5.10. The van der Waals surface area contributed by atoms with Crippen molar-refractivity contribution >= 4 is 16.9 Å². The molecular formula is C25H25N3O3. The number of hydrogen-bond acceptors (Lipinski definition) is 4. The summed E-state index contributed by atoms with van der Waals surface area (Å²) in [5.41, 5.74) is 2.72. The second kappa shape index (κ2) is 9.91. The van der Waals surface area contributed by atoms with E-state index in [4.69, 9.17) is 4.74 Å². The molecule has 1 heterocycles. The maximum atomic E-state index is 13.2. The number of nitrogens with zero attached hydrogens (tertiary/aromatic N) is 3. The van der Waals surface area contributed by atoms with Crippen molar-refractivity contribution in [2.75, 3.05) is 13.2 Å². The van der Waals surface area contributed by atoms with Crippen LogP contribution in [0.2, 0.25) is 0 Å². The molecule has 31 heavy (non-hydrogen) atoms. The Morgan fingerprint density at radius 1 is 0.935 bits per heavy atom. The number of ether oxygens (including phenoxy) is 1. The van der Waals surface area contributed by atoms with Crippen molar-refractivity contribution in [3.05, 3.63) is 96.3 Å². The highest BCUT2D eigenvalue weighted by molar-refractivity contribution is 5.81. The van der Waals surface area contributed by atoms with E-state index in [1.807, 2.05) is 89.5 Å². The van der Waals surface area contributed by atoms with Crippen LogP contribution in [0.25, 0.3) is 11.0 Å². The molecule has 4 aromatic rings. The fourth-order valence-corrected chi connectivity index (χ4v) is 3.53. The Hall–Kier alpha value is -3.64. The predicted octanol–water partition coefficient (Wildman–Crippen LogP) is 3.64. The molecule has 6 heteroatoms. The van der Waals surface area contributed by atoms with E-state index in [0.717, 1.165) is 22.3 Å². The maximum Gasteiger partial charge on any atom is 0.242 e. The minimum atomic E-state index is -0.0901. The zero-order chi connectivity index (χ0) is 21.5. The number of carbonyl (C=O) groups excluding carboxylic acids is 1. The number of carbonyl (C=O) groups is 1. The Kier molecular flexibility index (Phi) is 6.59. The molecule has 0 atom stereocenters. The quantitative estimate of drug-likeness (QED) is 0.453. The highest BCUT2D eigenvalue weighted by atomic mass is 16.5. The number of aliphatic hydroxyl groups is 1. The average molecular weight is 415 g/mol. The van der Waals surface area contributed by atoms with E-state index in [1.165, 1.54) is 0 Å². The number of para-hydroxylation sites is 3. The number of fused-ring (bicyclic) bond motifs is 1. The molecule has 0 bridgehead atoms. The third-order valence-electron chi connectivity index (χ3n) is 5.08. The van der Waals surface area contributed by atoms with Crippen molar-refractivity contribution in [1.29, 1.82) is 0 Å². The zero-order valence-corrected chi connectivity index (χ0v) is 17.2. The van der Waals surface area contributed by atoms with Gasteiger partial charge < -0.3 is 19.3 Å². The highest BCUT2D eigenvalue weighted by Crippen LogP contribution is 2.19. The van der Waals surface area contributed by atoms with Crippen molar-refractivity contribution < 1.29 is 14.6 Å². The summed E-state index contributed by atoms with van der Waals surface area (Å²) in [4.78, 5) is 19.6. The zero-order valence-electron chi connectivity index (χ0n) is 17.2. The molecule has 4 rings (SSSR count). The minimum Gasteiger partial charge on any atom is -0.486 e. The largest absolute Gasteiger partial charge is 0.486 e. The van der Waals surface area contributed by atoms with Crippen molar-refractivity contribution in [2.45, 2.75) is 19.7 Å². The van der Waals surface area contributed by atoms with E-state index in [2.05, 4.69) is 4.98 Å². The molecule has 1 aromatic heterocycles. The van der Waals surface area contributed by atoms with Crippen molar-refractivity contribution in [3.63, 3.8) is 0 Å². The van der Waals surface area contributed by atoms with Gasteiger partial charge in [0.25, 0.3) is 0 Å². The molecule has 1 amide bonds. The van der Waals surface area contributed by atoms with Crippen LogP contribution in [0.15, 0.2) is 84.9 Å². The van der Waals surface area contributed by atoms with E-state index in [0.29, 0.717) is 12.4 Å². The molecule has 0 radical (unpaired) electrons. The summed E-state index contributed by atoms with van der Waals surface area (Å²) in [7, 11) is 0. The Bertz CT molecular complexity index is 1130. The van der Waals surface area contributed by atoms with Gasteiger partial charge in [0.2, 0.25) is 5.91 Å². The Morgan fingerprint density at radius 3 is 2.35 bits per heavy atom. The first kappa shape index (κ1) is 20.6. The molecular weight excluding hydrogens is 390 g/mol. The molecule has 0 spiro atoms. The van der Waals surface area contributed by atoms with Crippen LogP contribution < -0.4 is 4.74 Å². The van der Waals surface area contributed by atoms with Crippen LogP contribution in [0.1, 0.15) is 11.4 Å². The number of amides is 1. The predicted molar refractivity (Wildman–Crippen MR) is 119 cm³/mol. The minimum absolute atomic E-state index is 0.0815. The molecule has 0 fully saturated rings. The molecule has 0 unspecified atom stereocenters. The van der Waals surface area contributed by atoms with Crippen molar-refractivity contribution in [3.8, 4) is 5.75 Å². The summed E-state index contributed by atoms with van der Waals surface area (Å²) in [6.45, 7) is 1.01. The van der Waals surface area contributed by atoms with Crippen LogP contribution in [0.5, 0.6) is 5.75 Å². The second-order valence-electron chi connectivity index (χ2n) is 7.23. The number of aromatic nitrogens is 2. The van der Waals surface area contributed by atoms with Gasteiger partial charge in [-0.2, -0.15) is 0 Å². The van der Waals surface area contributed by atoms with Crippen LogP contribution in [-0.4, -0.2) is 38.6 Å². The normalized spacial score (nSPS) is 10.9. The maximum absolute atomic E-state index is 13.2. The molecule has 0 aliphatic heterocycles. The number of rotatable bonds is 9. The second-order valence-corrected chi connectivity index (χ2v) is 7.23. The first-order valence-electron chi connectivity index (χ1n) is 10.3. The van der Waals surface area contributed by atoms with E-state index in [9.17, 15) is 9.90 Å². The van der Waals surface area contributed by atoms with E-state index in [1.54, 1.807) is 4.90 Å². The first-order chi connectivity index (χ1) is 15.2. The molecule has 0 saturated heterocycles. The monoisotopic (exact) mass is 415 g/mol. The lowest BCUT2D eigenvalue weighted by Gasteiger charge is -2.23. The van der Waals surface area contributed by atoms with Gasteiger partial charge >= 0.3 is 0 Å². The number of imidazole rings is 1. The number of hydrogen-bond donors (Lipinski definition) is 1. The van der Waals surface area contributed by atoms with Crippen molar-refractivity contribution in [2.24, 2.45) is 0 Å². The van der Waals surface area contributed by atoms with Crippen LogP contribution in [-0.2, 0) is 24.5 Å². The highest BCUT2D eigenvalue weighted by Gasteiger charge is 2.19. The molecule has 6 nitrogen and oxygen atoms in total. The standard InChI is InChI=1S/C25H25N3O3/c29-16-15-27(17-20-9-3-1-4-10-20)25(30)18-28-23-14-8-7-13-22(23)26-24(28)19-31-21-11-5-2-6-12-21/h1-14,29H,15-19H2. The lowest BCUT2D eigenvalue weighted by atomic mass is 10.2. The summed E-state index contributed by atoms with van der Waals surface area (Å²) < 4.78 is 7.80. The molecule has 3 aromatic carbocycles. The van der Waals surface area contributed by atoms with Gasteiger partial charge in [0.15, 0.2) is 0 Å². The molecule has 0 aliphatic rings. The number of benzene rings is 3. The fraction of sp³-hybridized carbons (Fsp3) is 0.200. The third-order valence-corrected chi connectivity index (χ3v) is 5.08. The van der Waals surface area contributed by atoms with Gasteiger partial charge in [0.05, 0.1) is 17.6 Å². The number of aliphatic hydroxyl groups excluding tert-OH is 1. The van der Waals surface area contributed by atoms with Gasteiger partial charge in [0, 0.05) is 13.1 Å².